The molecule has 0 unspecified atom stereocenters. The molecule has 0 fully saturated rings. The summed E-state index contributed by atoms with van der Waals surface area (Å²) >= 11 is 9.31. The van der Waals surface area contributed by atoms with Crippen molar-refractivity contribution in [3.05, 3.63) is 50.6 Å². The molecule has 0 radical (unpaired) electrons. The maximum atomic E-state index is 12.0. The number of carbonyl (C=O) groups excluding carboxylic acids is 1. The number of thiol groups is 1. The second kappa shape index (κ2) is 6.41. The fourth-order valence-corrected chi connectivity index (χ4v) is 2.88. The number of hydrogen-bond acceptors (Lipinski definition) is 3. The monoisotopic (exact) mass is 341 g/mol. The standard InChI is InChI=1S/C13H12BrNOS2/c14-12-4-3-9(17)8-11(12)13(16)15-6-5-10-2-1-7-18-10/h1-4,7-8,17H,5-6H2,(H,15,16). The molecular formula is C13H12BrNOS2. The zero-order valence-electron chi connectivity index (χ0n) is 9.52. The maximum absolute atomic E-state index is 12.0. The molecule has 2 aromatic rings. The van der Waals surface area contributed by atoms with Gasteiger partial charge in [0.15, 0.2) is 0 Å². The minimum Gasteiger partial charge on any atom is -0.352 e. The zero-order chi connectivity index (χ0) is 13.0. The van der Waals surface area contributed by atoms with Crippen molar-refractivity contribution < 1.29 is 4.79 Å². The van der Waals surface area contributed by atoms with Crippen molar-refractivity contribution in [3.8, 4) is 0 Å². The van der Waals surface area contributed by atoms with Crippen molar-refractivity contribution >= 4 is 45.8 Å². The maximum Gasteiger partial charge on any atom is 0.252 e. The number of rotatable bonds is 4. The molecule has 18 heavy (non-hydrogen) atoms. The van der Waals surface area contributed by atoms with Gasteiger partial charge in [0.05, 0.1) is 5.56 Å². The van der Waals surface area contributed by atoms with E-state index in [1.54, 1.807) is 17.4 Å². The Balaban J connectivity index is 1.93. The first-order chi connectivity index (χ1) is 8.66. The van der Waals surface area contributed by atoms with Gasteiger partial charge < -0.3 is 5.32 Å². The van der Waals surface area contributed by atoms with E-state index in [9.17, 15) is 4.79 Å². The van der Waals surface area contributed by atoms with Gasteiger partial charge >= 0.3 is 0 Å². The summed E-state index contributed by atoms with van der Waals surface area (Å²) in [5, 5.41) is 4.95. The summed E-state index contributed by atoms with van der Waals surface area (Å²) in [6.45, 7) is 0.641. The summed E-state index contributed by atoms with van der Waals surface area (Å²) in [6.07, 6.45) is 0.863. The van der Waals surface area contributed by atoms with Crippen LogP contribution in [0.2, 0.25) is 0 Å². The molecule has 0 saturated heterocycles. The van der Waals surface area contributed by atoms with E-state index < -0.39 is 0 Å². The van der Waals surface area contributed by atoms with Gasteiger partial charge in [0.25, 0.3) is 5.91 Å². The smallest absolute Gasteiger partial charge is 0.252 e. The zero-order valence-corrected chi connectivity index (χ0v) is 12.8. The van der Waals surface area contributed by atoms with E-state index in [0.717, 1.165) is 15.8 Å². The van der Waals surface area contributed by atoms with Gasteiger partial charge in [0.2, 0.25) is 0 Å². The molecule has 1 heterocycles. The highest BCUT2D eigenvalue weighted by Gasteiger charge is 2.09. The molecule has 0 spiro atoms. The van der Waals surface area contributed by atoms with Crippen molar-refractivity contribution in [3.63, 3.8) is 0 Å². The fourth-order valence-electron chi connectivity index (χ4n) is 1.54. The van der Waals surface area contributed by atoms with Gasteiger partial charge in [-0.05, 0) is 52.0 Å². The van der Waals surface area contributed by atoms with E-state index in [0.29, 0.717) is 12.1 Å². The molecule has 2 nitrogen and oxygen atoms in total. The van der Waals surface area contributed by atoms with Gasteiger partial charge in [-0.1, -0.05) is 6.07 Å². The number of thiophene rings is 1. The van der Waals surface area contributed by atoms with Crippen molar-refractivity contribution in [2.75, 3.05) is 6.54 Å². The van der Waals surface area contributed by atoms with E-state index in [-0.39, 0.29) is 5.91 Å². The molecule has 0 saturated carbocycles. The second-order valence-electron chi connectivity index (χ2n) is 3.75. The molecule has 0 aliphatic carbocycles. The number of amides is 1. The molecular weight excluding hydrogens is 330 g/mol. The van der Waals surface area contributed by atoms with Crippen LogP contribution < -0.4 is 5.32 Å². The van der Waals surface area contributed by atoms with E-state index >= 15 is 0 Å². The molecule has 0 aliphatic heterocycles. The van der Waals surface area contributed by atoms with E-state index in [1.165, 1.54) is 4.88 Å². The summed E-state index contributed by atoms with van der Waals surface area (Å²) in [5.41, 5.74) is 0.619. The Bertz CT molecular complexity index is 540. The average molecular weight is 342 g/mol. The molecule has 1 N–H and O–H groups in total. The highest BCUT2D eigenvalue weighted by molar-refractivity contribution is 9.10. The molecule has 5 heteroatoms. The average Bonchev–Trinajstić information content (AvgIpc) is 2.85. The Kier molecular flexibility index (Phi) is 4.86. The van der Waals surface area contributed by atoms with Crippen LogP contribution in [0.25, 0.3) is 0 Å². The molecule has 0 atom stereocenters. The van der Waals surface area contributed by atoms with Crippen LogP contribution in [0.4, 0.5) is 0 Å². The van der Waals surface area contributed by atoms with Gasteiger partial charge in [0.1, 0.15) is 0 Å². The van der Waals surface area contributed by atoms with Crippen LogP contribution in [-0.2, 0) is 6.42 Å². The quantitative estimate of drug-likeness (QED) is 0.814. The van der Waals surface area contributed by atoms with Gasteiger partial charge in [-0.3, -0.25) is 4.79 Å². The highest BCUT2D eigenvalue weighted by atomic mass is 79.9. The first-order valence-electron chi connectivity index (χ1n) is 5.46. The lowest BCUT2D eigenvalue weighted by Crippen LogP contribution is -2.25. The normalized spacial score (nSPS) is 10.3. The third-order valence-electron chi connectivity index (χ3n) is 2.43. The Labute approximate surface area is 124 Å². The largest absolute Gasteiger partial charge is 0.352 e. The third kappa shape index (κ3) is 3.60. The number of hydrogen-bond donors (Lipinski definition) is 2. The topological polar surface area (TPSA) is 29.1 Å². The lowest BCUT2D eigenvalue weighted by atomic mass is 10.2. The predicted octanol–water partition coefficient (Wildman–Crippen LogP) is 3.77. The summed E-state index contributed by atoms with van der Waals surface area (Å²) in [4.78, 5) is 14.0. The summed E-state index contributed by atoms with van der Waals surface area (Å²) in [7, 11) is 0. The number of nitrogens with one attached hydrogen (secondary N) is 1. The molecule has 0 aliphatic rings. The van der Waals surface area contributed by atoms with Gasteiger partial charge in [-0.15, -0.1) is 24.0 Å². The Hall–Kier alpha value is -0.780. The van der Waals surface area contributed by atoms with Gasteiger partial charge in [0, 0.05) is 20.8 Å². The number of benzene rings is 1. The third-order valence-corrected chi connectivity index (χ3v) is 4.34. The first kappa shape index (κ1) is 13.6. The Morgan fingerprint density at radius 3 is 2.94 bits per heavy atom. The number of carbonyl (C=O) groups is 1. The lowest BCUT2D eigenvalue weighted by molar-refractivity contribution is 0.0953. The van der Waals surface area contributed by atoms with E-state index in [2.05, 4.69) is 39.9 Å². The highest BCUT2D eigenvalue weighted by Crippen LogP contribution is 2.20. The predicted molar refractivity (Wildman–Crippen MR) is 81.8 cm³/mol. The summed E-state index contributed by atoms with van der Waals surface area (Å²) < 4.78 is 0.786. The van der Waals surface area contributed by atoms with Crippen molar-refractivity contribution in [1.29, 1.82) is 0 Å². The van der Waals surface area contributed by atoms with Gasteiger partial charge in [-0.25, -0.2) is 0 Å². The van der Waals surface area contributed by atoms with Crippen LogP contribution in [-0.4, -0.2) is 12.5 Å². The summed E-state index contributed by atoms with van der Waals surface area (Å²) in [6, 6.07) is 9.52. The lowest BCUT2D eigenvalue weighted by Gasteiger charge is -2.07. The van der Waals surface area contributed by atoms with Crippen LogP contribution >= 0.6 is 39.9 Å². The van der Waals surface area contributed by atoms with Crippen molar-refractivity contribution in [2.24, 2.45) is 0 Å². The van der Waals surface area contributed by atoms with Crippen LogP contribution in [0.5, 0.6) is 0 Å². The Morgan fingerprint density at radius 1 is 1.39 bits per heavy atom. The molecule has 94 valence electrons. The van der Waals surface area contributed by atoms with Gasteiger partial charge in [-0.2, -0.15) is 0 Å². The molecule has 2 rings (SSSR count). The fraction of sp³-hybridized carbons (Fsp3) is 0.154. The number of halogens is 1. The SMILES string of the molecule is O=C(NCCc1cccs1)c1cc(S)ccc1Br. The first-order valence-corrected chi connectivity index (χ1v) is 7.58. The van der Waals surface area contributed by atoms with Crippen LogP contribution in [0.3, 0.4) is 0 Å². The summed E-state index contributed by atoms with van der Waals surface area (Å²) in [5.74, 6) is -0.0747. The second-order valence-corrected chi connectivity index (χ2v) is 6.15. The Morgan fingerprint density at radius 2 is 2.22 bits per heavy atom. The van der Waals surface area contributed by atoms with E-state index in [4.69, 9.17) is 0 Å². The van der Waals surface area contributed by atoms with Crippen LogP contribution in [0.1, 0.15) is 15.2 Å². The van der Waals surface area contributed by atoms with Crippen molar-refractivity contribution in [1.82, 2.24) is 5.32 Å². The minimum atomic E-state index is -0.0747. The van der Waals surface area contributed by atoms with Crippen LogP contribution in [0.15, 0.2) is 45.1 Å². The van der Waals surface area contributed by atoms with E-state index in [1.807, 2.05) is 23.6 Å². The van der Waals surface area contributed by atoms with Crippen LogP contribution in [0, 0.1) is 0 Å². The molecule has 1 aromatic heterocycles. The minimum absolute atomic E-state index is 0.0747. The van der Waals surface area contributed by atoms with Crippen molar-refractivity contribution in [2.45, 2.75) is 11.3 Å². The molecule has 1 amide bonds. The molecule has 0 bridgehead atoms. The molecule has 1 aromatic carbocycles.